The number of aromatic nitrogens is 3. The van der Waals surface area contributed by atoms with Gasteiger partial charge in [0.2, 0.25) is 5.56 Å². The molecule has 2 N–H and O–H groups in total. The lowest BCUT2D eigenvalue weighted by atomic mass is 10.2. The number of benzene rings is 1. The predicted molar refractivity (Wildman–Crippen MR) is 78.9 cm³/mol. The summed E-state index contributed by atoms with van der Waals surface area (Å²) in [6, 6.07) is 8.49. The highest BCUT2D eigenvalue weighted by Crippen LogP contribution is 2.11. The molecular weight excluding hydrogens is 268 g/mol. The van der Waals surface area contributed by atoms with Crippen molar-refractivity contribution in [3.63, 3.8) is 0 Å². The van der Waals surface area contributed by atoms with Crippen LogP contribution in [0.1, 0.15) is 15.9 Å². The van der Waals surface area contributed by atoms with Gasteiger partial charge in [0, 0.05) is 31.4 Å². The Morgan fingerprint density at radius 1 is 1.33 bits per heavy atom. The number of fused-ring (bicyclic) bond motifs is 1. The van der Waals surface area contributed by atoms with Crippen LogP contribution in [0.25, 0.3) is 11.0 Å². The Morgan fingerprint density at radius 3 is 3.00 bits per heavy atom. The summed E-state index contributed by atoms with van der Waals surface area (Å²) in [4.78, 5) is 30.5. The predicted octanol–water partition coefficient (Wildman–Crippen LogP) is 1.19. The highest BCUT2D eigenvalue weighted by molar-refractivity contribution is 5.97. The van der Waals surface area contributed by atoms with E-state index in [0.29, 0.717) is 12.1 Å². The van der Waals surface area contributed by atoms with Crippen LogP contribution in [0.5, 0.6) is 0 Å². The van der Waals surface area contributed by atoms with E-state index in [0.717, 1.165) is 16.6 Å². The molecule has 0 aliphatic heterocycles. The first-order valence-corrected chi connectivity index (χ1v) is 6.50. The standard InChI is InChI=1S/C15H14N4O2/c1-19-8-10(2-5-14(19)20)7-16-15(21)11-3-4-12-13(6-11)18-9-17-12/h2-6,8-9H,7H2,1H3,(H,16,21)(H,17,18). The molecule has 1 amide bonds. The second kappa shape index (κ2) is 5.24. The van der Waals surface area contributed by atoms with E-state index in [9.17, 15) is 9.59 Å². The summed E-state index contributed by atoms with van der Waals surface area (Å²) in [7, 11) is 1.68. The summed E-state index contributed by atoms with van der Waals surface area (Å²) in [6.45, 7) is 0.369. The second-order valence-corrected chi connectivity index (χ2v) is 4.80. The Bertz CT molecular complexity index is 863. The summed E-state index contributed by atoms with van der Waals surface area (Å²) in [6.07, 6.45) is 3.30. The largest absolute Gasteiger partial charge is 0.348 e. The van der Waals surface area contributed by atoms with E-state index in [2.05, 4.69) is 15.3 Å². The number of rotatable bonds is 3. The lowest BCUT2D eigenvalue weighted by molar-refractivity contribution is 0.0951. The number of pyridine rings is 1. The Morgan fingerprint density at radius 2 is 2.19 bits per heavy atom. The summed E-state index contributed by atoms with van der Waals surface area (Å²) in [5.74, 6) is -0.166. The molecule has 0 spiro atoms. The molecule has 1 aromatic carbocycles. The van der Waals surface area contributed by atoms with Crippen molar-refractivity contribution in [1.29, 1.82) is 0 Å². The van der Waals surface area contributed by atoms with E-state index in [-0.39, 0.29) is 11.5 Å². The Balaban J connectivity index is 1.73. The fourth-order valence-corrected chi connectivity index (χ4v) is 2.12. The van der Waals surface area contributed by atoms with Gasteiger partial charge in [0.25, 0.3) is 5.91 Å². The zero-order valence-corrected chi connectivity index (χ0v) is 11.5. The second-order valence-electron chi connectivity index (χ2n) is 4.80. The van der Waals surface area contributed by atoms with Crippen LogP contribution in [0.3, 0.4) is 0 Å². The van der Waals surface area contributed by atoms with Gasteiger partial charge in [-0.05, 0) is 23.8 Å². The average Bonchev–Trinajstić information content (AvgIpc) is 2.95. The number of amides is 1. The van der Waals surface area contributed by atoms with Crippen molar-refractivity contribution in [2.75, 3.05) is 0 Å². The molecule has 0 bridgehead atoms. The first-order chi connectivity index (χ1) is 10.1. The molecule has 0 unspecified atom stereocenters. The van der Waals surface area contributed by atoms with Crippen LogP contribution in [0.15, 0.2) is 47.7 Å². The normalized spacial score (nSPS) is 10.7. The van der Waals surface area contributed by atoms with Crippen molar-refractivity contribution in [2.24, 2.45) is 7.05 Å². The number of carbonyl (C=O) groups is 1. The molecule has 3 rings (SSSR count). The first-order valence-electron chi connectivity index (χ1n) is 6.50. The molecule has 0 aliphatic carbocycles. The Kier molecular flexibility index (Phi) is 3.27. The maximum Gasteiger partial charge on any atom is 0.251 e. The fourth-order valence-electron chi connectivity index (χ4n) is 2.12. The van der Waals surface area contributed by atoms with E-state index in [1.807, 2.05) is 0 Å². The number of aromatic amines is 1. The molecule has 0 aliphatic rings. The molecule has 6 heteroatoms. The molecule has 0 radical (unpaired) electrons. The number of imidazole rings is 1. The van der Waals surface area contributed by atoms with Crippen LogP contribution in [0.4, 0.5) is 0 Å². The number of hydrogen-bond acceptors (Lipinski definition) is 3. The van der Waals surface area contributed by atoms with Gasteiger partial charge in [0.15, 0.2) is 0 Å². The zero-order valence-electron chi connectivity index (χ0n) is 11.5. The molecule has 3 aromatic rings. The maximum absolute atomic E-state index is 12.1. The molecular formula is C15H14N4O2. The molecule has 21 heavy (non-hydrogen) atoms. The number of carbonyl (C=O) groups excluding carboxylic acids is 1. The third-order valence-electron chi connectivity index (χ3n) is 3.28. The minimum absolute atomic E-state index is 0.0743. The summed E-state index contributed by atoms with van der Waals surface area (Å²) < 4.78 is 1.48. The molecule has 2 heterocycles. The van der Waals surface area contributed by atoms with Crippen molar-refractivity contribution < 1.29 is 4.79 Å². The van der Waals surface area contributed by atoms with Crippen LogP contribution < -0.4 is 10.9 Å². The smallest absolute Gasteiger partial charge is 0.251 e. The number of H-pyrrole nitrogens is 1. The molecule has 0 saturated carbocycles. The van der Waals surface area contributed by atoms with Crippen molar-refractivity contribution in [3.05, 3.63) is 64.3 Å². The highest BCUT2D eigenvalue weighted by atomic mass is 16.1. The SMILES string of the molecule is Cn1cc(CNC(=O)c2ccc3nc[nH]c3c2)ccc1=O. The van der Waals surface area contributed by atoms with Gasteiger partial charge >= 0.3 is 0 Å². The molecule has 2 aromatic heterocycles. The minimum Gasteiger partial charge on any atom is -0.348 e. The topological polar surface area (TPSA) is 79.8 Å². The van der Waals surface area contributed by atoms with Crippen LogP contribution in [0, 0.1) is 0 Å². The van der Waals surface area contributed by atoms with Gasteiger partial charge in [0.1, 0.15) is 0 Å². The molecule has 0 fully saturated rings. The quantitative estimate of drug-likeness (QED) is 0.757. The summed E-state index contributed by atoms with van der Waals surface area (Å²) in [5, 5.41) is 2.83. The lowest BCUT2D eigenvalue weighted by Crippen LogP contribution is -2.24. The van der Waals surface area contributed by atoms with Gasteiger partial charge < -0.3 is 14.9 Å². The van der Waals surface area contributed by atoms with E-state index >= 15 is 0 Å². The van der Waals surface area contributed by atoms with E-state index in [1.54, 1.807) is 43.8 Å². The van der Waals surface area contributed by atoms with Gasteiger partial charge in [0.05, 0.1) is 17.4 Å². The summed E-state index contributed by atoms with van der Waals surface area (Å²) in [5.41, 5.74) is 3.01. The van der Waals surface area contributed by atoms with E-state index < -0.39 is 0 Å². The molecule has 0 saturated heterocycles. The van der Waals surface area contributed by atoms with Crippen molar-refractivity contribution in [3.8, 4) is 0 Å². The van der Waals surface area contributed by atoms with Crippen molar-refractivity contribution in [2.45, 2.75) is 6.54 Å². The zero-order chi connectivity index (χ0) is 14.8. The number of nitrogens with one attached hydrogen (secondary N) is 2. The first kappa shape index (κ1) is 13.1. The van der Waals surface area contributed by atoms with Crippen LogP contribution in [-0.2, 0) is 13.6 Å². The lowest BCUT2D eigenvalue weighted by Gasteiger charge is -2.06. The third-order valence-corrected chi connectivity index (χ3v) is 3.28. The van der Waals surface area contributed by atoms with Gasteiger partial charge in [-0.2, -0.15) is 0 Å². The Hall–Kier alpha value is -2.89. The van der Waals surface area contributed by atoms with Gasteiger partial charge in [-0.1, -0.05) is 6.07 Å². The van der Waals surface area contributed by atoms with Gasteiger partial charge in [-0.3, -0.25) is 9.59 Å². The molecule has 0 atom stereocenters. The third kappa shape index (κ3) is 2.69. The highest BCUT2D eigenvalue weighted by Gasteiger charge is 2.07. The number of nitrogens with zero attached hydrogens (tertiary/aromatic N) is 2. The van der Waals surface area contributed by atoms with Gasteiger partial charge in [-0.25, -0.2) is 4.98 Å². The number of hydrogen-bond donors (Lipinski definition) is 2. The van der Waals surface area contributed by atoms with Crippen LogP contribution >= 0.6 is 0 Å². The monoisotopic (exact) mass is 282 g/mol. The van der Waals surface area contributed by atoms with Gasteiger partial charge in [-0.15, -0.1) is 0 Å². The molecule has 106 valence electrons. The van der Waals surface area contributed by atoms with Crippen molar-refractivity contribution >= 4 is 16.9 Å². The number of aryl methyl sites for hydroxylation is 1. The maximum atomic E-state index is 12.1. The fraction of sp³-hybridized carbons (Fsp3) is 0.133. The minimum atomic E-state index is -0.166. The van der Waals surface area contributed by atoms with Crippen LogP contribution in [-0.4, -0.2) is 20.4 Å². The van der Waals surface area contributed by atoms with E-state index in [1.165, 1.54) is 10.6 Å². The Labute approximate surface area is 120 Å². The van der Waals surface area contributed by atoms with E-state index in [4.69, 9.17) is 0 Å². The average molecular weight is 282 g/mol. The summed E-state index contributed by atoms with van der Waals surface area (Å²) >= 11 is 0. The van der Waals surface area contributed by atoms with Crippen LogP contribution in [0.2, 0.25) is 0 Å². The molecule has 6 nitrogen and oxygen atoms in total. The van der Waals surface area contributed by atoms with Crippen molar-refractivity contribution in [1.82, 2.24) is 19.9 Å².